The maximum Gasteiger partial charge on any atom is 0.220 e. The predicted octanol–water partition coefficient (Wildman–Crippen LogP) is 0.185. The van der Waals surface area contributed by atoms with E-state index in [-0.39, 0.29) is 11.9 Å². The van der Waals surface area contributed by atoms with Crippen molar-refractivity contribution in [1.29, 1.82) is 0 Å². The van der Waals surface area contributed by atoms with Crippen molar-refractivity contribution in [1.82, 2.24) is 5.32 Å². The Morgan fingerprint density at radius 1 is 1.89 bits per heavy atom. The monoisotopic (exact) mass is 126 g/mol. The van der Waals surface area contributed by atoms with Gasteiger partial charge < -0.3 is 5.32 Å². The van der Waals surface area contributed by atoms with Gasteiger partial charge in [-0.15, -0.1) is 0 Å². The minimum atomic E-state index is -0.164. The van der Waals surface area contributed by atoms with Crippen molar-refractivity contribution in [3.8, 4) is 0 Å². The van der Waals surface area contributed by atoms with E-state index in [1.54, 1.807) is 0 Å². The maximum atomic E-state index is 10.4. The summed E-state index contributed by atoms with van der Waals surface area (Å²) in [6.07, 6.45) is 0.337. The number of carbonyl (C=O) groups is 1. The molecule has 0 aliphatic carbocycles. The Hall–Kier alpha value is -1.22. The van der Waals surface area contributed by atoms with Crippen LogP contribution in [0.5, 0.6) is 0 Å². The van der Waals surface area contributed by atoms with E-state index in [9.17, 15) is 4.79 Å². The van der Waals surface area contributed by atoms with Crippen LogP contribution in [0.2, 0.25) is 0 Å². The molecule has 1 heterocycles. The zero-order valence-corrected chi connectivity index (χ0v) is 4.74. The number of nitrogens with zero attached hydrogens (tertiary/aromatic N) is 3. The highest BCUT2D eigenvalue weighted by atomic mass is 16.1. The van der Waals surface area contributed by atoms with Gasteiger partial charge in [0, 0.05) is 17.9 Å². The van der Waals surface area contributed by atoms with Crippen LogP contribution in [-0.2, 0) is 4.79 Å². The Morgan fingerprint density at radius 2 is 2.67 bits per heavy atom. The van der Waals surface area contributed by atoms with Gasteiger partial charge in [-0.2, -0.15) is 0 Å². The first-order chi connectivity index (χ1) is 4.33. The van der Waals surface area contributed by atoms with Gasteiger partial charge in [-0.1, -0.05) is 5.11 Å². The van der Waals surface area contributed by atoms with Gasteiger partial charge in [-0.25, -0.2) is 0 Å². The van der Waals surface area contributed by atoms with Gasteiger partial charge in [0.25, 0.3) is 0 Å². The first-order valence-corrected chi connectivity index (χ1v) is 2.64. The number of amides is 1. The molecule has 48 valence electrons. The van der Waals surface area contributed by atoms with Crippen LogP contribution in [0.15, 0.2) is 5.11 Å². The highest BCUT2D eigenvalue weighted by Gasteiger charge is 2.19. The minimum absolute atomic E-state index is 0.0348. The highest BCUT2D eigenvalue weighted by molar-refractivity contribution is 5.78. The van der Waals surface area contributed by atoms with Gasteiger partial charge in [0.15, 0.2) is 0 Å². The molecule has 0 radical (unpaired) electrons. The topological polar surface area (TPSA) is 77.9 Å². The lowest BCUT2D eigenvalue weighted by atomic mass is 10.3. The quantitative estimate of drug-likeness (QED) is 0.303. The molecule has 1 unspecified atom stereocenters. The molecule has 5 nitrogen and oxygen atoms in total. The van der Waals surface area contributed by atoms with Crippen LogP contribution >= 0.6 is 0 Å². The smallest absolute Gasteiger partial charge is 0.220 e. The summed E-state index contributed by atoms with van der Waals surface area (Å²) in [7, 11) is 0. The Balaban J connectivity index is 2.48. The van der Waals surface area contributed by atoms with Crippen LogP contribution in [0.4, 0.5) is 0 Å². The van der Waals surface area contributed by atoms with Crippen molar-refractivity contribution >= 4 is 5.91 Å². The SMILES string of the molecule is [N-]=[N+]=NC1CNC(=O)C1. The fraction of sp³-hybridized carbons (Fsp3) is 0.750. The molecule has 0 aromatic rings. The van der Waals surface area contributed by atoms with Crippen molar-refractivity contribution in [3.63, 3.8) is 0 Å². The molecule has 0 bridgehead atoms. The normalized spacial score (nSPS) is 24.9. The number of nitrogens with one attached hydrogen (secondary N) is 1. The zero-order chi connectivity index (χ0) is 6.69. The molecular formula is C4H6N4O. The summed E-state index contributed by atoms with van der Waals surface area (Å²) in [4.78, 5) is 13.0. The summed E-state index contributed by atoms with van der Waals surface area (Å²) in [6, 6.07) is -0.164. The third kappa shape index (κ3) is 1.33. The molecule has 0 saturated carbocycles. The number of carbonyl (C=O) groups excluding carboxylic acids is 1. The summed E-state index contributed by atoms with van der Waals surface area (Å²) in [5.74, 6) is -0.0348. The van der Waals surface area contributed by atoms with Crippen molar-refractivity contribution in [2.24, 2.45) is 5.11 Å². The zero-order valence-electron chi connectivity index (χ0n) is 4.74. The number of hydrogen-bond acceptors (Lipinski definition) is 2. The first-order valence-electron chi connectivity index (χ1n) is 2.64. The van der Waals surface area contributed by atoms with Crippen molar-refractivity contribution in [2.45, 2.75) is 12.5 Å². The first kappa shape index (κ1) is 5.91. The van der Waals surface area contributed by atoms with E-state index in [1.165, 1.54) is 0 Å². The number of hydrogen-bond donors (Lipinski definition) is 1. The highest BCUT2D eigenvalue weighted by Crippen LogP contribution is 2.03. The molecule has 1 rings (SSSR count). The van der Waals surface area contributed by atoms with Crippen LogP contribution < -0.4 is 5.32 Å². The van der Waals surface area contributed by atoms with Crippen LogP contribution in [0, 0.1) is 0 Å². The largest absolute Gasteiger partial charge is 0.356 e. The Kier molecular flexibility index (Phi) is 1.55. The van der Waals surface area contributed by atoms with E-state index in [2.05, 4.69) is 15.3 Å². The van der Waals surface area contributed by atoms with Crippen LogP contribution in [-0.4, -0.2) is 18.5 Å². The lowest BCUT2D eigenvalue weighted by Crippen LogP contribution is -2.14. The Bertz CT molecular complexity index is 171. The molecule has 9 heavy (non-hydrogen) atoms. The summed E-state index contributed by atoms with van der Waals surface area (Å²) >= 11 is 0. The van der Waals surface area contributed by atoms with Crippen LogP contribution in [0.3, 0.4) is 0 Å². The molecule has 5 heteroatoms. The van der Waals surface area contributed by atoms with Gasteiger partial charge in [0.2, 0.25) is 5.91 Å². The summed E-state index contributed by atoms with van der Waals surface area (Å²) < 4.78 is 0. The summed E-state index contributed by atoms with van der Waals surface area (Å²) in [5, 5.41) is 5.92. The van der Waals surface area contributed by atoms with E-state index >= 15 is 0 Å². The molecular weight excluding hydrogens is 120 g/mol. The van der Waals surface area contributed by atoms with Gasteiger partial charge in [0.05, 0.1) is 6.04 Å². The van der Waals surface area contributed by atoms with Crippen molar-refractivity contribution in [2.75, 3.05) is 6.54 Å². The third-order valence-electron chi connectivity index (χ3n) is 1.17. The van der Waals surface area contributed by atoms with Crippen LogP contribution in [0.25, 0.3) is 10.4 Å². The second-order valence-corrected chi connectivity index (χ2v) is 1.87. The third-order valence-corrected chi connectivity index (χ3v) is 1.17. The fourth-order valence-electron chi connectivity index (χ4n) is 0.745. The van der Waals surface area contributed by atoms with Gasteiger partial charge >= 0.3 is 0 Å². The molecule has 0 spiro atoms. The number of rotatable bonds is 1. The van der Waals surface area contributed by atoms with Crippen LogP contribution in [0.1, 0.15) is 6.42 Å². The molecule has 1 fully saturated rings. The van der Waals surface area contributed by atoms with E-state index in [4.69, 9.17) is 5.53 Å². The van der Waals surface area contributed by atoms with Gasteiger partial charge in [0.1, 0.15) is 0 Å². The average Bonchev–Trinajstić information content (AvgIpc) is 2.17. The molecule has 1 atom stereocenters. The minimum Gasteiger partial charge on any atom is -0.356 e. The van der Waals surface area contributed by atoms with Gasteiger partial charge in [-0.05, 0) is 5.53 Å². The maximum absolute atomic E-state index is 10.4. The fourth-order valence-corrected chi connectivity index (χ4v) is 0.745. The standard InChI is InChI=1S/C4H6N4O/c5-8-7-3-1-4(9)6-2-3/h3H,1-2H2,(H,6,9). The molecule has 0 aromatic heterocycles. The second-order valence-electron chi connectivity index (χ2n) is 1.87. The lowest BCUT2D eigenvalue weighted by molar-refractivity contribution is -0.119. The lowest BCUT2D eigenvalue weighted by Gasteiger charge is -1.90. The average molecular weight is 126 g/mol. The molecule has 1 saturated heterocycles. The molecule has 0 aromatic carbocycles. The summed E-state index contributed by atoms with van der Waals surface area (Å²) in [5.41, 5.74) is 7.93. The molecule has 1 aliphatic heterocycles. The second kappa shape index (κ2) is 2.37. The molecule has 1 amide bonds. The van der Waals surface area contributed by atoms with E-state index in [0.717, 1.165) is 0 Å². The van der Waals surface area contributed by atoms with Crippen molar-refractivity contribution < 1.29 is 4.79 Å². The summed E-state index contributed by atoms with van der Waals surface area (Å²) in [6.45, 7) is 0.489. The van der Waals surface area contributed by atoms with E-state index < -0.39 is 0 Å². The van der Waals surface area contributed by atoms with E-state index in [0.29, 0.717) is 13.0 Å². The predicted molar refractivity (Wildman–Crippen MR) is 30.6 cm³/mol. The van der Waals surface area contributed by atoms with E-state index in [1.807, 2.05) is 0 Å². The molecule has 1 N–H and O–H groups in total. The molecule has 1 aliphatic rings. The Morgan fingerprint density at radius 3 is 3.11 bits per heavy atom. The van der Waals surface area contributed by atoms with Crippen molar-refractivity contribution in [3.05, 3.63) is 10.4 Å². The van der Waals surface area contributed by atoms with Gasteiger partial charge in [-0.3, -0.25) is 4.79 Å². The Labute approximate surface area is 51.7 Å². The number of azide groups is 1.